The van der Waals surface area contributed by atoms with E-state index in [1.165, 1.54) is 36.4 Å². The summed E-state index contributed by atoms with van der Waals surface area (Å²) in [6.45, 7) is 1.73. The second-order valence-electron chi connectivity index (χ2n) is 6.09. The topological polar surface area (TPSA) is 127 Å². The third-order valence-corrected chi connectivity index (χ3v) is 5.65. The lowest BCUT2D eigenvalue weighted by Gasteiger charge is -2.10. The lowest BCUT2D eigenvalue weighted by molar-refractivity contribution is -0.384. The van der Waals surface area contributed by atoms with Gasteiger partial charge in [-0.25, -0.2) is 8.42 Å². The normalized spacial score (nSPS) is 11.7. The van der Waals surface area contributed by atoms with Crippen molar-refractivity contribution in [2.24, 2.45) is 5.10 Å². The number of halogens is 1. The Kier molecular flexibility index (Phi) is 6.28. The summed E-state index contributed by atoms with van der Waals surface area (Å²) in [6.07, 6.45) is 3.20. The quantitative estimate of drug-likeness (QED) is 0.317. The van der Waals surface area contributed by atoms with Gasteiger partial charge in [-0.2, -0.15) is 5.10 Å². The summed E-state index contributed by atoms with van der Waals surface area (Å²) < 4.78 is 27.6. The van der Waals surface area contributed by atoms with E-state index >= 15 is 0 Å². The molecule has 3 rings (SSSR count). The van der Waals surface area contributed by atoms with Crippen LogP contribution < -0.4 is 10.1 Å². The van der Waals surface area contributed by atoms with Crippen LogP contribution in [0, 0.1) is 10.1 Å². The highest BCUT2D eigenvalue weighted by molar-refractivity contribution is 7.92. The Labute approximate surface area is 177 Å². The fourth-order valence-electron chi connectivity index (χ4n) is 2.46. The molecule has 0 aliphatic carbocycles. The highest BCUT2D eigenvalue weighted by Gasteiger charge is 2.21. The second kappa shape index (κ2) is 8.89. The number of nitrogens with one attached hydrogen (secondary N) is 2. The summed E-state index contributed by atoms with van der Waals surface area (Å²) in [4.78, 5) is 14.5. The zero-order chi connectivity index (χ0) is 21.7. The minimum Gasteiger partial charge on any atom is -0.280 e. The summed E-state index contributed by atoms with van der Waals surface area (Å²) in [7, 11) is -4.04. The third-order valence-electron chi connectivity index (χ3n) is 4.01. The number of hydrogen-bond donors (Lipinski definition) is 2. The molecule has 2 aromatic carbocycles. The minimum atomic E-state index is -4.04. The molecule has 0 saturated carbocycles. The van der Waals surface area contributed by atoms with Crippen molar-refractivity contribution in [2.75, 3.05) is 10.1 Å². The number of sulfonamides is 1. The Balaban J connectivity index is 1.87. The standard InChI is InChI=1S/C19H16ClN5O4S/c1-13(14-8-10-21-11-9-14)22-23-18-7-6-17(12-19(18)25(26)27)30(28,29)24-16-4-2-15(20)3-5-16/h2-12,23-24H,1H3. The first-order chi connectivity index (χ1) is 14.3. The number of benzene rings is 2. The maximum Gasteiger partial charge on any atom is 0.295 e. The molecular weight excluding hydrogens is 430 g/mol. The van der Waals surface area contributed by atoms with Crippen LogP contribution in [0.5, 0.6) is 0 Å². The molecule has 0 fully saturated rings. The molecule has 30 heavy (non-hydrogen) atoms. The first-order valence-electron chi connectivity index (χ1n) is 8.54. The zero-order valence-corrected chi connectivity index (χ0v) is 17.2. The molecule has 0 amide bonds. The molecule has 11 heteroatoms. The molecular formula is C19H16ClN5O4S. The smallest absolute Gasteiger partial charge is 0.280 e. The second-order valence-corrected chi connectivity index (χ2v) is 8.21. The highest BCUT2D eigenvalue weighted by Crippen LogP contribution is 2.29. The Morgan fingerprint density at radius 3 is 2.40 bits per heavy atom. The molecule has 0 radical (unpaired) electrons. The van der Waals surface area contributed by atoms with E-state index in [9.17, 15) is 18.5 Å². The van der Waals surface area contributed by atoms with Gasteiger partial charge in [0.15, 0.2) is 0 Å². The van der Waals surface area contributed by atoms with Gasteiger partial charge in [-0.1, -0.05) is 11.6 Å². The number of aromatic nitrogens is 1. The van der Waals surface area contributed by atoms with Gasteiger partial charge in [0.25, 0.3) is 15.7 Å². The molecule has 0 unspecified atom stereocenters. The molecule has 9 nitrogen and oxygen atoms in total. The van der Waals surface area contributed by atoms with E-state index in [-0.39, 0.29) is 16.3 Å². The number of hydrogen-bond acceptors (Lipinski definition) is 7. The van der Waals surface area contributed by atoms with Gasteiger partial charge in [0, 0.05) is 34.7 Å². The molecule has 0 aliphatic rings. The lowest BCUT2D eigenvalue weighted by Crippen LogP contribution is -2.13. The minimum absolute atomic E-state index is 0.0545. The van der Waals surface area contributed by atoms with Crippen molar-refractivity contribution in [1.29, 1.82) is 0 Å². The van der Waals surface area contributed by atoms with E-state index in [1.54, 1.807) is 31.5 Å². The number of nitro groups is 1. The number of hydrazone groups is 1. The van der Waals surface area contributed by atoms with Crippen LogP contribution in [0.1, 0.15) is 12.5 Å². The van der Waals surface area contributed by atoms with Gasteiger partial charge in [-0.05, 0) is 55.5 Å². The van der Waals surface area contributed by atoms with Crippen LogP contribution in [-0.2, 0) is 10.0 Å². The first-order valence-corrected chi connectivity index (χ1v) is 10.4. The molecule has 3 aromatic rings. The zero-order valence-electron chi connectivity index (χ0n) is 15.6. The van der Waals surface area contributed by atoms with Gasteiger partial charge in [-0.3, -0.25) is 25.2 Å². The molecule has 0 spiro atoms. The predicted molar refractivity (Wildman–Crippen MR) is 115 cm³/mol. The van der Waals surface area contributed by atoms with Crippen molar-refractivity contribution >= 4 is 44.4 Å². The third kappa shape index (κ3) is 5.10. The molecule has 154 valence electrons. The van der Waals surface area contributed by atoms with Crippen LogP contribution in [0.4, 0.5) is 17.1 Å². The Bertz CT molecular complexity index is 1200. The maximum atomic E-state index is 12.6. The van der Waals surface area contributed by atoms with E-state index in [0.29, 0.717) is 10.7 Å². The Morgan fingerprint density at radius 2 is 1.77 bits per heavy atom. The van der Waals surface area contributed by atoms with Crippen LogP contribution in [0.25, 0.3) is 0 Å². The maximum absolute atomic E-state index is 12.6. The summed E-state index contributed by atoms with van der Waals surface area (Å²) >= 11 is 5.79. The van der Waals surface area contributed by atoms with Crippen molar-refractivity contribution in [3.63, 3.8) is 0 Å². The van der Waals surface area contributed by atoms with E-state index in [1.807, 2.05) is 0 Å². The monoisotopic (exact) mass is 445 g/mol. The lowest BCUT2D eigenvalue weighted by atomic mass is 10.2. The van der Waals surface area contributed by atoms with Crippen LogP contribution in [0.3, 0.4) is 0 Å². The summed E-state index contributed by atoms with van der Waals surface area (Å²) in [5.74, 6) is 0. The van der Waals surface area contributed by atoms with Crippen molar-refractivity contribution in [2.45, 2.75) is 11.8 Å². The largest absolute Gasteiger partial charge is 0.295 e. The number of pyridine rings is 1. The van der Waals surface area contributed by atoms with E-state index in [2.05, 4.69) is 20.2 Å². The van der Waals surface area contributed by atoms with Crippen LogP contribution in [0.15, 0.2) is 77.0 Å². The Hall–Kier alpha value is -3.50. The molecule has 1 aromatic heterocycles. The number of nitro benzene ring substituents is 1. The van der Waals surface area contributed by atoms with Gasteiger partial charge in [0.2, 0.25) is 0 Å². The van der Waals surface area contributed by atoms with Gasteiger partial charge < -0.3 is 0 Å². The van der Waals surface area contributed by atoms with Crippen molar-refractivity contribution in [3.05, 3.63) is 87.7 Å². The van der Waals surface area contributed by atoms with E-state index in [4.69, 9.17) is 11.6 Å². The van der Waals surface area contributed by atoms with Crippen LogP contribution in [0.2, 0.25) is 5.02 Å². The average molecular weight is 446 g/mol. The van der Waals surface area contributed by atoms with Crippen LogP contribution in [-0.4, -0.2) is 24.0 Å². The van der Waals surface area contributed by atoms with Crippen molar-refractivity contribution < 1.29 is 13.3 Å². The fourth-order valence-corrected chi connectivity index (χ4v) is 3.66. The summed E-state index contributed by atoms with van der Waals surface area (Å²) in [6, 6.07) is 13.0. The number of nitrogens with zero attached hydrogens (tertiary/aromatic N) is 3. The molecule has 1 heterocycles. The Morgan fingerprint density at radius 1 is 1.10 bits per heavy atom. The summed E-state index contributed by atoms with van der Waals surface area (Å²) in [5, 5.41) is 16.1. The van der Waals surface area contributed by atoms with Gasteiger partial charge in [0.1, 0.15) is 5.69 Å². The predicted octanol–water partition coefficient (Wildman–Crippen LogP) is 4.28. The molecule has 0 atom stereocenters. The number of rotatable bonds is 7. The van der Waals surface area contributed by atoms with Gasteiger partial charge in [0.05, 0.1) is 15.5 Å². The van der Waals surface area contributed by atoms with Crippen molar-refractivity contribution in [1.82, 2.24) is 4.98 Å². The molecule has 2 N–H and O–H groups in total. The molecule has 0 bridgehead atoms. The van der Waals surface area contributed by atoms with Crippen LogP contribution >= 0.6 is 11.6 Å². The average Bonchev–Trinajstić information content (AvgIpc) is 2.74. The molecule has 0 saturated heterocycles. The van der Waals surface area contributed by atoms with E-state index < -0.39 is 20.6 Å². The SMILES string of the molecule is CC(=NNc1ccc(S(=O)(=O)Nc2ccc(Cl)cc2)cc1[N+](=O)[O-])c1ccncc1. The number of anilines is 2. The first kappa shape index (κ1) is 21.2. The van der Waals surface area contributed by atoms with E-state index in [0.717, 1.165) is 11.6 Å². The van der Waals surface area contributed by atoms with Crippen molar-refractivity contribution in [3.8, 4) is 0 Å². The van der Waals surface area contributed by atoms with Gasteiger partial charge in [-0.15, -0.1) is 0 Å². The molecule has 0 aliphatic heterocycles. The van der Waals surface area contributed by atoms with Gasteiger partial charge >= 0.3 is 0 Å². The summed E-state index contributed by atoms with van der Waals surface area (Å²) in [5.41, 5.74) is 3.89. The highest BCUT2D eigenvalue weighted by atomic mass is 35.5. The fraction of sp³-hybridized carbons (Fsp3) is 0.0526.